The number of hydrogen-bond donors (Lipinski definition) is 1. The Morgan fingerprint density at radius 2 is 1.89 bits per heavy atom. The van der Waals surface area contributed by atoms with Crippen molar-refractivity contribution >= 4 is 34.1 Å². The first-order chi connectivity index (χ1) is 13.0. The molecule has 4 rings (SSSR count). The van der Waals surface area contributed by atoms with E-state index in [1.54, 1.807) is 41.3 Å². The zero-order valence-corrected chi connectivity index (χ0v) is 14.8. The Kier molecular flexibility index (Phi) is 4.19. The molecule has 0 saturated heterocycles. The number of fused-ring (bicyclic) bond motifs is 2. The van der Waals surface area contributed by atoms with Crippen molar-refractivity contribution in [1.82, 2.24) is 9.55 Å². The smallest absolute Gasteiger partial charge is 0.261 e. The third kappa shape index (κ3) is 3.08. The number of carbonyl (C=O) groups excluding carboxylic acids is 2. The van der Waals surface area contributed by atoms with E-state index in [4.69, 9.17) is 0 Å². The topological polar surface area (TPSA) is 84.3 Å². The van der Waals surface area contributed by atoms with Gasteiger partial charge in [0.2, 0.25) is 11.8 Å². The van der Waals surface area contributed by atoms with Gasteiger partial charge in [-0.05, 0) is 31.2 Å². The number of carbonyl (C=O) groups is 2. The average molecular weight is 362 g/mol. The van der Waals surface area contributed by atoms with Crippen LogP contribution in [-0.4, -0.2) is 27.4 Å². The van der Waals surface area contributed by atoms with Gasteiger partial charge in [-0.15, -0.1) is 0 Å². The second-order valence-electron chi connectivity index (χ2n) is 6.58. The highest BCUT2D eigenvalue weighted by Crippen LogP contribution is 2.31. The highest BCUT2D eigenvalue weighted by Gasteiger charge is 2.29. The zero-order valence-electron chi connectivity index (χ0n) is 14.8. The van der Waals surface area contributed by atoms with Crippen molar-refractivity contribution < 1.29 is 9.59 Å². The molecule has 1 N–H and O–H groups in total. The van der Waals surface area contributed by atoms with Crippen molar-refractivity contribution in [2.45, 2.75) is 25.9 Å². The van der Waals surface area contributed by atoms with Gasteiger partial charge < -0.3 is 10.2 Å². The third-order valence-electron chi connectivity index (χ3n) is 4.67. The molecule has 136 valence electrons. The number of para-hydroxylation sites is 3. The second kappa shape index (κ2) is 6.68. The lowest BCUT2D eigenvalue weighted by molar-refractivity contribution is -0.120. The van der Waals surface area contributed by atoms with Gasteiger partial charge in [0.15, 0.2) is 0 Å². The minimum atomic E-state index is -0.328. The number of hydrogen-bond acceptors (Lipinski definition) is 4. The molecule has 7 nitrogen and oxygen atoms in total. The van der Waals surface area contributed by atoms with Gasteiger partial charge in [0, 0.05) is 12.5 Å². The average Bonchev–Trinajstić information content (AvgIpc) is 2.78. The fraction of sp³-hybridized carbons (Fsp3) is 0.200. The Morgan fingerprint density at radius 1 is 1.15 bits per heavy atom. The maximum absolute atomic E-state index is 13.1. The van der Waals surface area contributed by atoms with Crippen LogP contribution >= 0.6 is 0 Å². The molecule has 1 aliphatic heterocycles. The first kappa shape index (κ1) is 17.0. The minimum Gasteiger partial charge on any atom is -0.324 e. The van der Waals surface area contributed by atoms with Crippen molar-refractivity contribution in [3.8, 4) is 0 Å². The summed E-state index contributed by atoms with van der Waals surface area (Å²) < 4.78 is 1.31. The molecule has 0 saturated carbocycles. The number of rotatable bonds is 2. The molecule has 2 aromatic carbocycles. The summed E-state index contributed by atoms with van der Waals surface area (Å²) in [6.45, 7) is 1.67. The van der Waals surface area contributed by atoms with Crippen LogP contribution in [0.25, 0.3) is 10.9 Å². The molecule has 0 spiro atoms. The summed E-state index contributed by atoms with van der Waals surface area (Å²) in [7, 11) is 0. The van der Waals surface area contributed by atoms with Gasteiger partial charge in [-0.25, -0.2) is 4.98 Å². The molecule has 1 atom stereocenters. The Balaban J connectivity index is 1.71. The Hall–Kier alpha value is -3.48. The van der Waals surface area contributed by atoms with Crippen LogP contribution in [0.3, 0.4) is 0 Å². The molecule has 0 bridgehead atoms. The highest BCUT2D eigenvalue weighted by atomic mass is 16.2. The Labute approximate surface area is 155 Å². The predicted octanol–water partition coefficient (Wildman–Crippen LogP) is 2.16. The summed E-state index contributed by atoms with van der Waals surface area (Å²) in [5.41, 5.74) is 1.54. The third-order valence-corrected chi connectivity index (χ3v) is 4.67. The molecule has 3 aromatic rings. The van der Waals surface area contributed by atoms with Gasteiger partial charge in [-0.1, -0.05) is 24.3 Å². The lowest BCUT2D eigenvalue weighted by Crippen LogP contribution is -2.42. The van der Waals surface area contributed by atoms with Gasteiger partial charge >= 0.3 is 0 Å². The van der Waals surface area contributed by atoms with Crippen molar-refractivity contribution in [1.29, 1.82) is 0 Å². The molecule has 7 heteroatoms. The van der Waals surface area contributed by atoms with Crippen molar-refractivity contribution in [2.75, 3.05) is 10.2 Å². The zero-order chi connectivity index (χ0) is 19.0. The standard InChI is InChI=1S/C20H18N4O3/c1-13-10-18(25)22-16-8-4-5-9-17(16)24(13)19(26)11-23-12-21-15-7-3-2-6-14(15)20(23)27/h2-9,12-13H,10-11H2,1H3,(H,22,25). The quantitative estimate of drug-likeness (QED) is 0.757. The number of nitrogens with zero attached hydrogens (tertiary/aromatic N) is 3. The molecule has 0 radical (unpaired) electrons. The van der Waals surface area contributed by atoms with E-state index < -0.39 is 0 Å². The van der Waals surface area contributed by atoms with Crippen LogP contribution in [0.2, 0.25) is 0 Å². The summed E-state index contributed by atoms with van der Waals surface area (Å²) in [5, 5.41) is 3.29. The normalized spacial score (nSPS) is 16.6. The number of aromatic nitrogens is 2. The maximum atomic E-state index is 13.1. The molecule has 0 fully saturated rings. The van der Waals surface area contributed by atoms with Gasteiger partial charge in [0.1, 0.15) is 6.54 Å². The van der Waals surface area contributed by atoms with E-state index in [1.807, 2.05) is 19.1 Å². The Morgan fingerprint density at radius 3 is 2.74 bits per heavy atom. The summed E-state index contributed by atoms with van der Waals surface area (Å²) in [4.78, 5) is 43.7. The molecular weight excluding hydrogens is 344 g/mol. The summed E-state index contributed by atoms with van der Waals surface area (Å²) >= 11 is 0. The molecule has 1 aromatic heterocycles. The van der Waals surface area contributed by atoms with Gasteiger partial charge in [-0.2, -0.15) is 0 Å². The van der Waals surface area contributed by atoms with Crippen molar-refractivity contribution in [2.24, 2.45) is 0 Å². The number of amides is 2. The van der Waals surface area contributed by atoms with Crippen molar-refractivity contribution in [3.05, 3.63) is 65.2 Å². The van der Waals surface area contributed by atoms with E-state index in [9.17, 15) is 14.4 Å². The first-order valence-corrected chi connectivity index (χ1v) is 8.70. The maximum Gasteiger partial charge on any atom is 0.261 e. The summed E-state index contributed by atoms with van der Waals surface area (Å²) in [6, 6.07) is 13.9. The van der Waals surface area contributed by atoms with Crippen LogP contribution in [-0.2, 0) is 16.1 Å². The molecule has 1 unspecified atom stereocenters. The minimum absolute atomic E-state index is 0.144. The van der Waals surface area contributed by atoms with Gasteiger partial charge in [0.05, 0.1) is 28.6 Å². The van der Waals surface area contributed by atoms with Crippen LogP contribution < -0.4 is 15.8 Å². The SMILES string of the molecule is CC1CC(=O)Nc2ccccc2N1C(=O)Cn1cnc2ccccc2c1=O. The van der Waals surface area contributed by atoms with Crippen LogP contribution in [0.5, 0.6) is 0 Å². The van der Waals surface area contributed by atoms with Crippen LogP contribution in [0, 0.1) is 0 Å². The highest BCUT2D eigenvalue weighted by molar-refractivity contribution is 6.04. The second-order valence-corrected chi connectivity index (χ2v) is 6.58. The van der Waals surface area contributed by atoms with Gasteiger partial charge in [0.25, 0.3) is 5.56 Å². The molecular formula is C20H18N4O3. The number of benzene rings is 2. The van der Waals surface area contributed by atoms with Crippen molar-refractivity contribution in [3.63, 3.8) is 0 Å². The van der Waals surface area contributed by atoms with E-state index in [0.717, 1.165) is 0 Å². The van der Waals surface area contributed by atoms with E-state index in [2.05, 4.69) is 10.3 Å². The van der Waals surface area contributed by atoms with Gasteiger partial charge in [-0.3, -0.25) is 19.0 Å². The van der Waals surface area contributed by atoms with Crippen LogP contribution in [0.4, 0.5) is 11.4 Å². The van der Waals surface area contributed by atoms with E-state index in [-0.39, 0.29) is 36.4 Å². The van der Waals surface area contributed by atoms with E-state index >= 15 is 0 Å². The predicted molar refractivity (Wildman–Crippen MR) is 103 cm³/mol. The van der Waals surface area contributed by atoms with E-state index in [1.165, 1.54) is 10.9 Å². The first-order valence-electron chi connectivity index (χ1n) is 8.70. The summed E-state index contributed by atoms with van der Waals surface area (Å²) in [5.74, 6) is -0.416. The largest absolute Gasteiger partial charge is 0.324 e. The molecule has 27 heavy (non-hydrogen) atoms. The molecule has 0 aliphatic carbocycles. The fourth-order valence-corrected chi connectivity index (χ4v) is 3.41. The van der Waals surface area contributed by atoms with Crippen LogP contribution in [0.15, 0.2) is 59.7 Å². The number of anilines is 2. The van der Waals surface area contributed by atoms with Crippen LogP contribution in [0.1, 0.15) is 13.3 Å². The van der Waals surface area contributed by atoms with E-state index in [0.29, 0.717) is 22.3 Å². The molecule has 2 heterocycles. The lowest BCUT2D eigenvalue weighted by Gasteiger charge is -2.28. The fourth-order valence-electron chi connectivity index (χ4n) is 3.41. The Bertz CT molecular complexity index is 1110. The summed E-state index contributed by atoms with van der Waals surface area (Å²) in [6.07, 6.45) is 1.58. The lowest BCUT2D eigenvalue weighted by atomic mass is 10.1. The molecule has 2 amide bonds. The monoisotopic (exact) mass is 362 g/mol. The number of nitrogens with one attached hydrogen (secondary N) is 1. The molecule has 1 aliphatic rings.